The van der Waals surface area contributed by atoms with Crippen molar-refractivity contribution in [2.45, 2.75) is 25.6 Å². The SMILES string of the molecule is CCN1CCOC(C(O)Cc2cccc(OC)c2F)C1. The van der Waals surface area contributed by atoms with Crippen molar-refractivity contribution < 1.29 is 19.0 Å². The van der Waals surface area contributed by atoms with Gasteiger partial charge in [0.1, 0.15) is 0 Å². The molecule has 5 heteroatoms. The van der Waals surface area contributed by atoms with Crippen LogP contribution in [0.15, 0.2) is 18.2 Å². The number of halogens is 1. The molecular weight excluding hydrogens is 261 g/mol. The largest absolute Gasteiger partial charge is 0.494 e. The number of rotatable bonds is 5. The predicted octanol–water partition coefficient (Wildman–Crippen LogP) is 1.46. The van der Waals surface area contributed by atoms with Crippen LogP contribution in [0.1, 0.15) is 12.5 Å². The van der Waals surface area contributed by atoms with E-state index < -0.39 is 11.9 Å². The normalized spacial score (nSPS) is 21.7. The molecule has 1 aromatic carbocycles. The van der Waals surface area contributed by atoms with Crippen LogP contribution in [0, 0.1) is 5.82 Å². The third-order valence-corrected chi connectivity index (χ3v) is 3.75. The Balaban J connectivity index is 2.02. The van der Waals surface area contributed by atoms with E-state index in [1.807, 2.05) is 0 Å². The summed E-state index contributed by atoms with van der Waals surface area (Å²) >= 11 is 0. The Bertz CT molecular complexity index is 441. The lowest BCUT2D eigenvalue weighted by Gasteiger charge is -2.34. The maximum absolute atomic E-state index is 14.1. The van der Waals surface area contributed by atoms with Crippen LogP contribution in [-0.4, -0.2) is 55.6 Å². The summed E-state index contributed by atoms with van der Waals surface area (Å²) in [5, 5.41) is 10.3. The quantitative estimate of drug-likeness (QED) is 0.888. The van der Waals surface area contributed by atoms with Crippen molar-refractivity contribution in [2.75, 3.05) is 33.4 Å². The number of benzene rings is 1. The monoisotopic (exact) mass is 283 g/mol. The minimum absolute atomic E-state index is 0.203. The van der Waals surface area contributed by atoms with Crippen molar-refractivity contribution in [3.63, 3.8) is 0 Å². The molecular formula is C15H22FNO3. The average Bonchev–Trinajstić information content (AvgIpc) is 2.49. The first-order chi connectivity index (χ1) is 9.65. The van der Waals surface area contributed by atoms with Gasteiger partial charge in [0.05, 0.1) is 25.9 Å². The Kier molecular flexibility index (Phi) is 5.34. The van der Waals surface area contributed by atoms with Crippen molar-refractivity contribution in [3.05, 3.63) is 29.6 Å². The topological polar surface area (TPSA) is 41.9 Å². The second-order valence-corrected chi connectivity index (χ2v) is 5.01. The second-order valence-electron chi connectivity index (χ2n) is 5.01. The van der Waals surface area contributed by atoms with E-state index in [2.05, 4.69) is 11.8 Å². The number of morpholine rings is 1. The van der Waals surface area contributed by atoms with E-state index in [1.165, 1.54) is 7.11 Å². The number of methoxy groups -OCH3 is 1. The Labute approximate surface area is 119 Å². The van der Waals surface area contributed by atoms with Crippen LogP contribution < -0.4 is 4.74 Å². The summed E-state index contributed by atoms with van der Waals surface area (Å²) in [6.07, 6.45) is -0.758. The van der Waals surface area contributed by atoms with Gasteiger partial charge in [-0.1, -0.05) is 19.1 Å². The molecule has 0 radical (unpaired) electrons. The lowest BCUT2D eigenvalue weighted by Crippen LogP contribution is -2.48. The van der Waals surface area contributed by atoms with Gasteiger partial charge in [-0.05, 0) is 18.2 Å². The van der Waals surface area contributed by atoms with Crippen molar-refractivity contribution in [1.29, 1.82) is 0 Å². The summed E-state index contributed by atoms with van der Waals surface area (Å²) < 4.78 is 24.6. The van der Waals surface area contributed by atoms with E-state index >= 15 is 0 Å². The van der Waals surface area contributed by atoms with E-state index in [4.69, 9.17) is 9.47 Å². The molecule has 2 unspecified atom stereocenters. The Morgan fingerprint density at radius 3 is 3.05 bits per heavy atom. The summed E-state index contributed by atoms with van der Waals surface area (Å²) in [5.74, 6) is -0.202. The maximum Gasteiger partial charge on any atom is 0.168 e. The molecule has 1 saturated heterocycles. The molecule has 2 atom stereocenters. The third kappa shape index (κ3) is 3.48. The number of ether oxygens (including phenoxy) is 2. The number of aliphatic hydroxyl groups is 1. The van der Waals surface area contributed by atoms with Crippen LogP contribution in [0.25, 0.3) is 0 Å². The number of nitrogens with zero attached hydrogens (tertiary/aromatic N) is 1. The fourth-order valence-electron chi connectivity index (χ4n) is 2.48. The zero-order valence-corrected chi connectivity index (χ0v) is 12.0. The molecule has 0 amide bonds. The van der Waals surface area contributed by atoms with E-state index in [1.54, 1.807) is 18.2 Å². The fraction of sp³-hybridized carbons (Fsp3) is 0.600. The van der Waals surface area contributed by atoms with Gasteiger partial charge in [0.2, 0.25) is 0 Å². The minimum Gasteiger partial charge on any atom is -0.494 e. The van der Waals surface area contributed by atoms with Gasteiger partial charge in [0.15, 0.2) is 11.6 Å². The highest BCUT2D eigenvalue weighted by Crippen LogP contribution is 2.22. The molecule has 0 saturated carbocycles. The highest BCUT2D eigenvalue weighted by atomic mass is 19.1. The zero-order chi connectivity index (χ0) is 14.5. The van der Waals surface area contributed by atoms with Crippen molar-refractivity contribution in [3.8, 4) is 5.75 Å². The molecule has 1 heterocycles. The molecule has 1 N–H and O–H groups in total. The summed E-state index contributed by atoms with van der Waals surface area (Å²) in [5.41, 5.74) is 0.453. The number of aliphatic hydroxyl groups excluding tert-OH is 1. The van der Waals surface area contributed by atoms with E-state index in [9.17, 15) is 9.50 Å². The number of likely N-dealkylation sites (N-methyl/N-ethyl adjacent to an activating group) is 1. The van der Waals surface area contributed by atoms with Gasteiger partial charge in [-0.25, -0.2) is 4.39 Å². The molecule has 4 nitrogen and oxygen atoms in total. The first-order valence-corrected chi connectivity index (χ1v) is 6.99. The van der Waals surface area contributed by atoms with Crippen molar-refractivity contribution in [2.24, 2.45) is 0 Å². The van der Waals surface area contributed by atoms with Crippen molar-refractivity contribution in [1.82, 2.24) is 4.90 Å². The van der Waals surface area contributed by atoms with E-state index in [0.717, 1.165) is 13.1 Å². The lowest BCUT2D eigenvalue weighted by atomic mass is 10.0. The summed E-state index contributed by atoms with van der Waals surface area (Å²) in [7, 11) is 1.43. The molecule has 0 aromatic heterocycles. The van der Waals surface area contributed by atoms with Gasteiger partial charge >= 0.3 is 0 Å². The summed E-state index contributed by atoms with van der Waals surface area (Å²) in [4.78, 5) is 2.22. The number of hydrogen-bond acceptors (Lipinski definition) is 4. The van der Waals surface area contributed by atoms with Gasteiger partial charge < -0.3 is 14.6 Å². The molecule has 112 valence electrons. The number of hydrogen-bond donors (Lipinski definition) is 1. The predicted molar refractivity (Wildman–Crippen MR) is 74.5 cm³/mol. The van der Waals surface area contributed by atoms with Gasteiger partial charge in [-0.3, -0.25) is 4.90 Å². The fourth-order valence-corrected chi connectivity index (χ4v) is 2.48. The molecule has 1 aromatic rings. The molecule has 1 aliphatic rings. The highest BCUT2D eigenvalue weighted by molar-refractivity contribution is 5.31. The zero-order valence-electron chi connectivity index (χ0n) is 12.0. The van der Waals surface area contributed by atoms with E-state index in [-0.39, 0.29) is 18.3 Å². The smallest absolute Gasteiger partial charge is 0.168 e. The van der Waals surface area contributed by atoms with Crippen molar-refractivity contribution >= 4 is 0 Å². The molecule has 0 bridgehead atoms. The molecule has 20 heavy (non-hydrogen) atoms. The standard InChI is InChI=1S/C15H22FNO3/c1-3-17-7-8-20-14(10-17)12(18)9-11-5-4-6-13(19-2)15(11)16/h4-6,12,14,18H,3,7-10H2,1-2H3. The first-order valence-electron chi connectivity index (χ1n) is 6.99. The van der Waals surface area contributed by atoms with Crippen LogP contribution in [0.4, 0.5) is 4.39 Å². The third-order valence-electron chi connectivity index (χ3n) is 3.75. The maximum atomic E-state index is 14.1. The van der Waals surface area contributed by atoms with Crippen LogP contribution in [0.3, 0.4) is 0 Å². The average molecular weight is 283 g/mol. The summed E-state index contributed by atoms with van der Waals surface area (Å²) in [6.45, 7) is 5.18. The van der Waals surface area contributed by atoms with Crippen LogP contribution in [0.2, 0.25) is 0 Å². The molecule has 0 aliphatic carbocycles. The first kappa shape index (κ1) is 15.2. The van der Waals surface area contributed by atoms with Gasteiger partial charge in [0.25, 0.3) is 0 Å². The Morgan fingerprint density at radius 2 is 2.35 bits per heavy atom. The second kappa shape index (κ2) is 7.02. The van der Waals surface area contributed by atoms with Crippen LogP contribution >= 0.6 is 0 Å². The minimum atomic E-state index is -0.717. The molecule has 2 rings (SSSR count). The lowest BCUT2D eigenvalue weighted by molar-refractivity contribution is -0.0869. The van der Waals surface area contributed by atoms with Gasteiger partial charge in [0, 0.05) is 19.5 Å². The Morgan fingerprint density at radius 1 is 1.55 bits per heavy atom. The summed E-state index contributed by atoms with van der Waals surface area (Å²) in [6, 6.07) is 4.96. The molecule has 0 spiro atoms. The highest BCUT2D eigenvalue weighted by Gasteiger charge is 2.27. The molecule has 1 aliphatic heterocycles. The van der Waals surface area contributed by atoms with Gasteiger partial charge in [-0.2, -0.15) is 0 Å². The van der Waals surface area contributed by atoms with E-state index in [0.29, 0.717) is 18.7 Å². The van der Waals surface area contributed by atoms with Gasteiger partial charge in [-0.15, -0.1) is 0 Å². The van der Waals surface area contributed by atoms with Crippen LogP contribution in [-0.2, 0) is 11.2 Å². The molecule has 1 fully saturated rings. The Hall–Kier alpha value is -1.17. The van der Waals surface area contributed by atoms with Crippen LogP contribution in [0.5, 0.6) is 5.75 Å².